The fourth-order valence-electron chi connectivity index (χ4n) is 3.33. The van der Waals surface area contributed by atoms with Crippen LogP contribution in [0.4, 0.5) is 0 Å². The summed E-state index contributed by atoms with van der Waals surface area (Å²) in [5.74, 6) is 0.00515. The molecule has 0 atom stereocenters. The minimum Gasteiger partial charge on any atom is -0.508 e. The van der Waals surface area contributed by atoms with E-state index in [0.717, 1.165) is 16.7 Å². The van der Waals surface area contributed by atoms with Crippen LogP contribution >= 0.6 is 0 Å². The third kappa shape index (κ3) is 5.38. The zero-order valence-electron chi connectivity index (χ0n) is 18.4. The second-order valence-electron chi connectivity index (χ2n) is 8.00. The molecule has 0 aliphatic rings. The SMILES string of the molecule is CC(C)NC(=O)c1cccc2nc(-c3ccc(COC(=O)Cc4ccc(O)cc4)cc3)oc12. The number of phenolic OH excluding ortho intramolecular Hbond substituents is 1. The molecule has 0 unspecified atom stereocenters. The monoisotopic (exact) mass is 444 g/mol. The Labute approximate surface area is 191 Å². The summed E-state index contributed by atoms with van der Waals surface area (Å²) in [6.07, 6.45) is 0.133. The molecule has 1 heterocycles. The van der Waals surface area contributed by atoms with Crippen LogP contribution in [-0.2, 0) is 22.6 Å². The lowest BCUT2D eigenvalue weighted by Crippen LogP contribution is -2.30. The molecule has 7 nitrogen and oxygen atoms in total. The van der Waals surface area contributed by atoms with Gasteiger partial charge in [-0.1, -0.05) is 30.3 Å². The highest BCUT2D eigenvalue weighted by atomic mass is 16.5. The minimum absolute atomic E-state index is 0.0119. The van der Waals surface area contributed by atoms with Crippen LogP contribution in [0, 0.1) is 0 Å². The summed E-state index contributed by atoms with van der Waals surface area (Å²) < 4.78 is 11.3. The molecule has 4 aromatic rings. The van der Waals surface area contributed by atoms with Crippen LogP contribution in [0.25, 0.3) is 22.6 Å². The number of benzene rings is 3. The molecule has 3 aromatic carbocycles. The molecule has 4 rings (SSSR count). The van der Waals surface area contributed by atoms with Crippen molar-refractivity contribution >= 4 is 23.0 Å². The lowest BCUT2D eigenvalue weighted by Gasteiger charge is -2.07. The highest BCUT2D eigenvalue weighted by molar-refractivity contribution is 6.04. The maximum Gasteiger partial charge on any atom is 0.310 e. The number of fused-ring (bicyclic) bond motifs is 1. The topological polar surface area (TPSA) is 102 Å². The van der Waals surface area contributed by atoms with E-state index in [1.54, 1.807) is 30.3 Å². The number of esters is 1. The van der Waals surface area contributed by atoms with Crippen molar-refractivity contribution < 1.29 is 23.8 Å². The lowest BCUT2D eigenvalue weighted by molar-refractivity contribution is -0.144. The van der Waals surface area contributed by atoms with E-state index in [0.29, 0.717) is 22.6 Å². The number of phenols is 1. The van der Waals surface area contributed by atoms with E-state index >= 15 is 0 Å². The predicted molar refractivity (Wildman–Crippen MR) is 124 cm³/mol. The van der Waals surface area contributed by atoms with E-state index in [-0.39, 0.29) is 36.7 Å². The van der Waals surface area contributed by atoms with Crippen LogP contribution in [0.3, 0.4) is 0 Å². The molecule has 2 N–H and O–H groups in total. The van der Waals surface area contributed by atoms with Crippen molar-refractivity contribution in [1.82, 2.24) is 10.3 Å². The summed E-state index contributed by atoms with van der Waals surface area (Å²) in [5.41, 5.74) is 3.83. The molecule has 1 amide bonds. The maximum atomic E-state index is 12.5. The van der Waals surface area contributed by atoms with E-state index in [9.17, 15) is 14.7 Å². The number of aromatic hydroxyl groups is 1. The number of hydrogen-bond donors (Lipinski definition) is 2. The number of carbonyl (C=O) groups excluding carboxylic acids is 2. The number of rotatable bonds is 7. The third-order valence-electron chi connectivity index (χ3n) is 4.96. The third-order valence-corrected chi connectivity index (χ3v) is 4.96. The quantitative estimate of drug-likeness (QED) is 0.403. The summed E-state index contributed by atoms with van der Waals surface area (Å²) in [6, 6.07) is 19.1. The van der Waals surface area contributed by atoms with Crippen molar-refractivity contribution in [3.63, 3.8) is 0 Å². The number of para-hydroxylation sites is 1. The standard InChI is InChI=1S/C26H24N2O5/c1-16(2)27-25(31)21-4-3-5-22-24(21)33-26(28-22)19-10-6-18(7-11-19)15-32-23(30)14-17-8-12-20(29)13-9-17/h3-13,16,29H,14-15H2,1-2H3,(H,27,31). The van der Waals surface area contributed by atoms with Crippen molar-refractivity contribution in [2.24, 2.45) is 0 Å². The summed E-state index contributed by atoms with van der Waals surface area (Å²) >= 11 is 0. The number of ether oxygens (including phenoxy) is 1. The van der Waals surface area contributed by atoms with Crippen molar-refractivity contribution in [2.45, 2.75) is 32.9 Å². The van der Waals surface area contributed by atoms with Gasteiger partial charge in [-0.15, -0.1) is 0 Å². The van der Waals surface area contributed by atoms with Crippen molar-refractivity contribution in [3.8, 4) is 17.2 Å². The summed E-state index contributed by atoms with van der Waals surface area (Å²) in [6.45, 7) is 3.94. The van der Waals surface area contributed by atoms with E-state index in [1.807, 2.05) is 38.1 Å². The first-order valence-electron chi connectivity index (χ1n) is 10.6. The molecule has 0 radical (unpaired) electrons. The Hall–Kier alpha value is -4.13. The number of nitrogens with zero attached hydrogens (tertiary/aromatic N) is 1. The van der Waals surface area contributed by atoms with E-state index < -0.39 is 0 Å². The number of hydrogen-bond acceptors (Lipinski definition) is 6. The van der Waals surface area contributed by atoms with Crippen molar-refractivity contribution in [1.29, 1.82) is 0 Å². The number of carbonyl (C=O) groups is 2. The van der Waals surface area contributed by atoms with Gasteiger partial charge in [0.2, 0.25) is 5.89 Å². The van der Waals surface area contributed by atoms with Crippen LogP contribution in [0.15, 0.2) is 71.1 Å². The predicted octanol–water partition coefficient (Wildman–Crippen LogP) is 4.62. The number of amides is 1. The van der Waals surface area contributed by atoms with Gasteiger partial charge in [0.25, 0.3) is 5.91 Å². The Balaban J connectivity index is 1.43. The van der Waals surface area contributed by atoms with Gasteiger partial charge in [-0.3, -0.25) is 9.59 Å². The second kappa shape index (κ2) is 9.56. The first-order chi connectivity index (χ1) is 15.9. The van der Waals surface area contributed by atoms with Gasteiger partial charge in [-0.05, 0) is 61.4 Å². The van der Waals surface area contributed by atoms with Gasteiger partial charge in [-0.2, -0.15) is 0 Å². The normalized spacial score (nSPS) is 11.0. The van der Waals surface area contributed by atoms with Crippen molar-refractivity contribution in [2.75, 3.05) is 0 Å². The zero-order chi connectivity index (χ0) is 23.4. The number of nitrogens with one attached hydrogen (secondary N) is 1. The van der Waals surface area contributed by atoms with Crippen molar-refractivity contribution in [3.05, 3.63) is 83.4 Å². The van der Waals surface area contributed by atoms with E-state index in [2.05, 4.69) is 10.3 Å². The van der Waals surface area contributed by atoms with E-state index in [1.165, 1.54) is 12.1 Å². The fourth-order valence-corrected chi connectivity index (χ4v) is 3.33. The van der Waals surface area contributed by atoms with Gasteiger partial charge in [-0.25, -0.2) is 4.98 Å². The molecule has 168 valence electrons. The summed E-state index contributed by atoms with van der Waals surface area (Å²) in [4.78, 5) is 29.0. The largest absolute Gasteiger partial charge is 0.508 e. The van der Waals surface area contributed by atoms with Gasteiger partial charge in [0.1, 0.15) is 17.9 Å². The molecule has 0 saturated carbocycles. The van der Waals surface area contributed by atoms with Gasteiger partial charge in [0.15, 0.2) is 5.58 Å². The average molecular weight is 444 g/mol. The summed E-state index contributed by atoms with van der Waals surface area (Å²) in [7, 11) is 0. The number of aromatic nitrogens is 1. The minimum atomic E-state index is -0.351. The Morgan fingerprint density at radius 3 is 2.39 bits per heavy atom. The first-order valence-corrected chi connectivity index (χ1v) is 10.6. The Kier molecular flexibility index (Phi) is 6.40. The van der Waals surface area contributed by atoms with E-state index in [4.69, 9.17) is 9.15 Å². The molecule has 0 bridgehead atoms. The highest BCUT2D eigenvalue weighted by Crippen LogP contribution is 2.27. The molecule has 0 spiro atoms. The second-order valence-corrected chi connectivity index (χ2v) is 8.00. The zero-order valence-corrected chi connectivity index (χ0v) is 18.4. The molecule has 33 heavy (non-hydrogen) atoms. The van der Waals surface area contributed by atoms with Crippen LogP contribution in [0.1, 0.15) is 35.3 Å². The van der Waals surface area contributed by atoms with Gasteiger partial charge < -0.3 is 19.6 Å². The molecule has 0 fully saturated rings. The van der Waals surface area contributed by atoms with Gasteiger partial charge >= 0.3 is 5.97 Å². The number of oxazole rings is 1. The van der Waals surface area contributed by atoms with Gasteiger partial charge in [0, 0.05) is 11.6 Å². The lowest BCUT2D eigenvalue weighted by atomic mass is 10.1. The average Bonchev–Trinajstić information content (AvgIpc) is 3.23. The van der Waals surface area contributed by atoms with Gasteiger partial charge in [0.05, 0.1) is 12.0 Å². The fraction of sp³-hybridized carbons (Fsp3) is 0.192. The smallest absolute Gasteiger partial charge is 0.310 e. The Morgan fingerprint density at radius 1 is 1.00 bits per heavy atom. The van der Waals surface area contributed by atoms with Crippen LogP contribution in [-0.4, -0.2) is 28.0 Å². The molecular weight excluding hydrogens is 420 g/mol. The Morgan fingerprint density at radius 2 is 1.70 bits per heavy atom. The summed E-state index contributed by atoms with van der Waals surface area (Å²) in [5, 5.41) is 12.2. The first kappa shape index (κ1) is 22.1. The molecule has 0 aliphatic carbocycles. The molecule has 0 saturated heterocycles. The molecule has 7 heteroatoms. The van der Waals surface area contributed by atoms with Crippen LogP contribution in [0.5, 0.6) is 5.75 Å². The highest BCUT2D eigenvalue weighted by Gasteiger charge is 2.17. The van der Waals surface area contributed by atoms with Crippen LogP contribution < -0.4 is 5.32 Å². The van der Waals surface area contributed by atoms with Crippen LogP contribution in [0.2, 0.25) is 0 Å². The molecule has 1 aromatic heterocycles. The molecular formula is C26H24N2O5. The molecule has 0 aliphatic heterocycles. The Bertz CT molecular complexity index is 1270. The maximum absolute atomic E-state index is 12.5.